The van der Waals surface area contributed by atoms with E-state index in [1.807, 2.05) is 6.92 Å². The Labute approximate surface area is 89.9 Å². The molecule has 1 fully saturated rings. The Morgan fingerprint density at radius 2 is 2.00 bits per heavy atom. The van der Waals surface area contributed by atoms with Gasteiger partial charge in [0.25, 0.3) is 0 Å². The first-order chi connectivity index (χ1) is 6.87. The summed E-state index contributed by atoms with van der Waals surface area (Å²) in [5.41, 5.74) is 0.543. The Bertz CT molecular complexity index is 392. The third-order valence-electron chi connectivity index (χ3n) is 3.90. The van der Waals surface area contributed by atoms with Crippen LogP contribution < -0.4 is 0 Å². The van der Waals surface area contributed by atoms with Gasteiger partial charge in [-0.1, -0.05) is 19.1 Å². The molecule has 2 heteroatoms. The molecule has 0 bridgehead atoms. The molecule has 1 atom stereocenters. The molecule has 1 nitrogen and oxygen atoms in total. The van der Waals surface area contributed by atoms with E-state index in [0.29, 0.717) is 5.56 Å². The van der Waals surface area contributed by atoms with Gasteiger partial charge in [0.15, 0.2) is 0 Å². The van der Waals surface area contributed by atoms with Crippen molar-refractivity contribution in [1.29, 1.82) is 0 Å². The first-order valence-electron chi connectivity index (χ1n) is 5.36. The summed E-state index contributed by atoms with van der Waals surface area (Å²) in [4.78, 5) is 0. The van der Waals surface area contributed by atoms with Crippen LogP contribution in [0.1, 0.15) is 37.8 Å². The van der Waals surface area contributed by atoms with E-state index in [4.69, 9.17) is 0 Å². The maximum absolute atomic E-state index is 13.1. The molecule has 0 heterocycles. The summed E-state index contributed by atoms with van der Waals surface area (Å²) in [6, 6.07) is 4.87. The highest BCUT2D eigenvalue weighted by molar-refractivity contribution is 5.31. The highest BCUT2D eigenvalue weighted by Gasteiger charge is 2.53. The first-order valence-corrected chi connectivity index (χ1v) is 5.36. The van der Waals surface area contributed by atoms with Crippen LogP contribution >= 0.6 is 0 Å². The highest BCUT2D eigenvalue weighted by Crippen LogP contribution is 2.57. The highest BCUT2D eigenvalue weighted by atomic mass is 19.1. The number of aliphatic hydroxyl groups is 1. The molecule has 1 aromatic carbocycles. The lowest BCUT2D eigenvalue weighted by Gasteiger charge is -2.31. The average Bonchev–Trinajstić information content (AvgIpc) is 2.90. The first kappa shape index (κ1) is 10.6. The molecular weight excluding hydrogens is 191 g/mol. The number of benzene rings is 1. The van der Waals surface area contributed by atoms with Gasteiger partial charge in [0.1, 0.15) is 5.82 Å². The van der Waals surface area contributed by atoms with Crippen LogP contribution in [0.25, 0.3) is 0 Å². The molecule has 1 aliphatic carbocycles. The second-order valence-electron chi connectivity index (χ2n) is 5.10. The van der Waals surface area contributed by atoms with Gasteiger partial charge in [-0.05, 0) is 43.9 Å². The molecular formula is C13H17FO. The van der Waals surface area contributed by atoms with Gasteiger partial charge in [-0.15, -0.1) is 0 Å². The van der Waals surface area contributed by atoms with Crippen molar-refractivity contribution in [2.75, 3.05) is 0 Å². The second-order valence-corrected chi connectivity index (χ2v) is 5.10. The Balaban J connectivity index is 2.41. The quantitative estimate of drug-likeness (QED) is 0.791. The Morgan fingerprint density at radius 1 is 1.40 bits per heavy atom. The lowest BCUT2D eigenvalue weighted by molar-refractivity contribution is -0.0127. The largest absolute Gasteiger partial charge is 0.385 e. The second kappa shape index (κ2) is 3.05. The Hall–Kier alpha value is -0.890. The number of halogens is 1. The Morgan fingerprint density at radius 3 is 2.47 bits per heavy atom. The summed E-state index contributed by atoms with van der Waals surface area (Å²) in [5, 5.41) is 10.5. The van der Waals surface area contributed by atoms with Crippen LogP contribution in [-0.4, -0.2) is 5.11 Å². The van der Waals surface area contributed by atoms with Gasteiger partial charge in [-0.2, -0.15) is 0 Å². The normalized spacial score (nSPS) is 22.2. The molecule has 1 aliphatic rings. The summed E-state index contributed by atoms with van der Waals surface area (Å²) >= 11 is 0. The summed E-state index contributed by atoms with van der Waals surface area (Å²) in [5.74, 6) is -0.212. The molecule has 0 aromatic heterocycles. The van der Waals surface area contributed by atoms with Crippen LogP contribution in [0.3, 0.4) is 0 Å². The minimum atomic E-state index is -0.842. The minimum absolute atomic E-state index is 0.0305. The van der Waals surface area contributed by atoms with Crippen LogP contribution in [0.5, 0.6) is 0 Å². The van der Waals surface area contributed by atoms with Gasteiger partial charge < -0.3 is 5.11 Å². The van der Waals surface area contributed by atoms with E-state index in [-0.39, 0.29) is 11.2 Å². The number of aryl methyl sites for hydroxylation is 1. The molecule has 1 N–H and O–H groups in total. The van der Waals surface area contributed by atoms with Crippen molar-refractivity contribution < 1.29 is 9.50 Å². The van der Waals surface area contributed by atoms with Crippen LogP contribution in [0, 0.1) is 18.2 Å². The zero-order chi connectivity index (χ0) is 11.3. The average molecular weight is 208 g/mol. The topological polar surface area (TPSA) is 20.2 Å². The van der Waals surface area contributed by atoms with E-state index in [1.54, 1.807) is 19.1 Å². The molecule has 0 saturated heterocycles. The molecule has 82 valence electrons. The van der Waals surface area contributed by atoms with Crippen LogP contribution in [0.2, 0.25) is 0 Å². The van der Waals surface area contributed by atoms with Gasteiger partial charge in [0, 0.05) is 5.41 Å². The Kier molecular flexibility index (Phi) is 2.16. The van der Waals surface area contributed by atoms with E-state index in [0.717, 1.165) is 18.4 Å². The summed E-state index contributed by atoms with van der Waals surface area (Å²) in [7, 11) is 0. The summed E-state index contributed by atoms with van der Waals surface area (Å²) in [6.45, 7) is 5.63. The van der Waals surface area contributed by atoms with Crippen molar-refractivity contribution in [3.63, 3.8) is 0 Å². The van der Waals surface area contributed by atoms with Crippen molar-refractivity contribution in [2.24, 2.45) is 5.41 Å². The fraction of sp³-hybridized carbons (Fsp3) is 0.538. The third-order valence-corrected chi connectivity index (χ3v) is 3.90. The summed E-state index contributed by atoms with van der Waals surface area (Å²) in [6.07, 6.45) is 2.08. The molecule has 0 radical (unpaired) electrons. The SMILES string of the molecule is Cc1cc(C(C)(O)C2(C)CC2)ccc1F. The van der Waals surface area contributed by atoms with Gasteiger partial charge in [-0.3, -0.25) is 0 Å². The van der Waals surface area contributed by atoms with Crippen LogP contribution in [-0.2, 0) is 5.60 Å². The molecule has 1 saturated carbocycles. The fourth-order valence-electron chi connectivity index (χ4n) is 1.97. The van der Waals surface area contributed by atoms with Crippen molar-refractivity contribution in [3.05, 3.63) is 35.1 Å². The minimum Gasteiger partial charge on any atom is -0.385 e. The molecule has 0 spiro atoms. The summed E-state index contributed by atoms with van der Waals surface area (Å²) < 4.78 is 13.1. The van der Waals surface area contributed by atoms with E-state index in [1.165, 1.54) is 6.07 Å². The standard InChI is InChI=1S/C13H17FO/c1-9-8-10(4-5-11(9)14)13(3,15)12(2)6-7-12/h4-5,8,15H,6-7H2,1-3H3. The maximum atomic E-state index is 13.1. The number of hydrogen-bond donors (Lipinski definition) is 1. The zero-order valence-corrected chi connectivity index (χ0v) is 9.47. The van der Waals surface area contributed by atoms with E-state index < -0.39 is 5.60 Å². The molecule has 0 aliphatic heterocycles. The van der Waals surface area contributed by atoms with E-state index in [2.05, 4.69) is 6.92 Å². The van der Waals surface area contributed by atoms with Crippen molar-refractivity contribution in [2.45, 2.75) is 39.2 Å². The van der Waals surface area contributed by atoms with Gasteiger partial charge >= 0.3 is 0 Å². The van der Waals surface area contributed by atoms with Crippen molar-refractivity contribution in [3.8, 4) is 0 Å². The van der Waals surface area contributed by atoms with Crippen molar-refractivity contribution in [1.82, 2.24) is 0 Å². The third kappa shape index (κ3) is 1.57. The zero-order valence-electron chi connectivity index (χ0n) is 9.47. The van der Waals surface area contributed by atoms with Gasteiger partial charge in [0.05, 0.1) is 5.60 Å². The lowest BCUT2D eigenvalue weighted by atomic mass is 9.81. The lowest BCUT2D eigenvalue weighted by Crippen LogP contribution is -2.31. The molecule has 1 aromatic rings. The number of hydrogen-bond acceptors (Lipinski definition) is 1. The fourth-order valence-corrected chi connectivity index (χ4v) is 1.97. The van der Waals surface area contributed by atoms with Crippen LogP contribution in [0.4, 0.5) is 4.39 Å². The molecule has 2 rings (SSSR count). The predicted octanol–water partition coefficient (Wildman–Crippen LogP) is 3.14. The monoisotopic (exact) mass is 208 g/mol. The van der Waals surface area contributed by atoms with E-state index >= 15 is 0 Å². The van der Waals surface area contributed by atoms with Gasteiger partial charge in [0.2, 0.25) is 0 Å². The number of rotatable bonds is 2. The smallest absolute Gasteiger partial charge is 0.126 e. The van der Waals surface area contributed by atoms with E-state index in [9.17, 15) is 9.50 Å². The predicted molar refractivity (Wildman–Crippen MR) is 58.0 cm³/mol. The molecule has 15 heavy (non-hydrogen) atoms. The van der Waals surface area contributed by atoms with Gasteiger partial charge in [-0.25, -0.2) is 4.39 Å². The van der Waals surface area contributed by atoms with Crippen LogP contribution in [0.15, 0.2) is 18.2 Å². The van der Waals surface area contributed by atoms with Crippen molar-refractivity contribution >= 4 is 0 Å². The molecule has 0 amide bonds. The molecule has 1 unspecified atom stereocenters. The maximum Gasteiger partial charge on any atom is 0.126 e.